The molecule has 1 saturated heterocycles. The molecule has 2 aromatic rings. The number of imidazole rings is 1. The summed E-state index contributed by atoms with van der Waals surface area (Å²) in [6.45, 7) is 1.63. The van der Waals surface area contributed by atoms with Crippen LogP contribution in [-0.2, 0) is 11.2 Å². The molecule has 1 atom stereocenters. The molecule has 1 aliphatic heterocycles. The van der Waals surface area contributed by atoms with Crippen LogP contribution in [0.2, 0.25) is 0 Å². The largest absolute Gasteiger partial charge is 0.380 e. The molecule has 110 valence electrons. The maximum atomic E-state index is 12.2. The molecule has 2 heterocycles. The molecule has 1 fully saturated rings. The molecule has 3 rings (SSSR count). The van der Waals surface area contributed by atoms with Gasteiger partial charge in [-0.05, 0) is 25.0 Å². The molecular weight excluding hydrogens is 264 g/mol. The second kappa shape index (κ2) is 6.43. The molecule has 1 amide bonds. The SMILES string of the molecule is O=C(CCc1cnc[nH]1)N1CC[C@H](Nc2ccccc2)C1. The average molecular weight is 284 g/mol. The van der Waals surface area contributed by atoms with E-state index in [1.54, 1.807) is 12.5 Å². The summed E-state index contributed by atoms with van der Waals surface area (Å²) in [7, 11) is 0. The number of para-hydroxylation sites is 1. The van der Waals surface area contributed by atoms with E-state index in [2.05, 4.69) is 27.4 Å². The van der Waals surface area contributed by atoms with E-state index in [-0.39, 0.29) is 5.91 Å². The number of benzene rings is 1. The van der Waals surface area contributed by atoms with E-state index in [1.807, 2.05) is 23.1 Å². The van der Waals surface area contributed by atoms with Crippen molar-refractivity contribution >= 4 is 11.6 Å². The minimum atomic E-state index is 0.224. The van der Waals surface area contributed by atoms with Crippen LogP contribution < -0.4 is 5.32 Å². The molecule has 21 heavy (non-hydrogen) atoms. The Balaban J connectivity index is 1.46. The third-order valence-electron chi connectivity index (χ3n) is 3.85. The van der Waals surface area contributed by atoms with Gasteiger partial charge in [-0.1, -0.05) is 18.2 Å². The van der Waals surface area contributed by atoms with Crippen molar-refractivity contribution in [1.29, 1.82) is 0 Å². The highest BCUT2D eigenvalue weighted by Crippen LogP contribution is 2.16. The first-order chi connectivity index (χ1) is 10.3. The van der Waals surface area contributed by atoms with Gasteiger partial charge in [0.25, 0.3) is 0 Å². The monoisotopic (exact) mass is 284 g/mol. The molecule has 5 nitrogen and oxygen atoms in total. The van der Waals surface area contributed by atoms with E-state index in [9.17, 15) is 4.79 Å². The number of hydrogen-bond acceptors (Lipinski definition) is 3. The van der Waals surface area contributed by atoms with E-state index < -0.39 is 0 Å². The van der Waals surface area contributed by atoms with Crippen LogP contribution in [0.15, 0.2) is 42.9 Å². The molecule has 1 aromatic heterocycles. The number of carbonyl (C=O) groups excluding carboxylic acids is 1. The van der Waals surface area contributed by atoms with Gasteiger partial charge in [-0.2, -0.15) is 0 Å². The first kappa shape index (κ1) is 13.7. The molecule has 1 aliphatic rings. The van der Waals surface area contributed by atoms with Gasteiger partial charge in [-0.3, -0.25) is 4.79 Å². The second-order valence-electron chi connectivity index (χ2n) is 5.41. The second-order valence-corrected chi connectivity index (χ2v) is 5.41. The number of nitrogens with zero attached hydrogens (tertiary/aromatic N) is 2. The van der Waals surface area contributed by atoms with Crippen molar-refractivity contribution in [3.8, 4) is 0 Å². The molecule has 0 bridgehead atoms. The predicted molar refractivity (Wildman–Crippen MR) is 82.0 cm³/mol. The molecular formula is C16H20N4O. The van der Waals surface area contributed by atoms with Gasteiger partial charge in [-0.25, -0.2) is 4.98 Å². The highest BCUT2D eigenvalue weighted by molar-refractivity contribution is 5.76. The summed E-state index contributed by atoms with van der Waals surface area (Å²) < 4.78 is 0. The Morgan fingerprint density at radius 3 is 3.00 bits per heavy atom. The number of H-pyrrole nitrogens is 1. The van der Waals surface area contributed by atoms with Crippen LogP contribution in [0.5, 0.6) is 0 Å². The average Bonchev–Trinajstić information content (AvgIpc) is 3.17. The van der Waals surface area contributed by atoms with Crippen LogP contribution in [-0.4, -0.2) is 39.9 Å². The highest BCUT2D eigenvalue weighted by Gasteiger charge is 2.25. The first-order valence-corrected chi connectivity index (χ1v) is 7.38. The summed E-state index contributed by atoms with van der Waals surface area (Å²) in [6, 6.07) is 10.5. The van der Waals surface area contributed by atoms with Crippen LogP contribution in [0.1, 0.15) is 18.5 Å². The van der Waals surface area contributed by atoms with Gasteiger partial charge >= 0.3 is 0 Å². The Labute approximate surface area is 124 Å². The summed E-state index contributed by atoms with van der Waals surface area (Å²) in [5.41, 5.74) is 2.13. The van der Waals surface area contributed by atoms with E-state index in [0.717, 1.165) is 37.3 Å². The summed E-state index contributed by atoms with van der Waals surface area (Å²) >= 11 is 0. The number of amides is 1. The predicted octanol–water partition coefficient (Wildman–Crippen LogP) is 2.06. The molecule has 0 spiro atoms. The number of aromatic nitrogens is 2. The van der Waals surface area contributed by atoms with Gasteiger partial charge in [0.1, 0.15) is 0 Å². The summed E-state index contributed by atoms with van der Waals surface area (Å²) in [5.74, 6) is 0.224. The molecule has 0 radical (unpaired) electrons. The zero-order valence-corrected chi connectivity index (χ0v) is 12.0. The standard InChI is InChI=1S/C16H20N4O/c21-16(7-6-14-10-17-12-18-14)20-9-8-15(11-20)19-13-4-2-1-3-5-13/h1-5,10,12,15,19H,6-9,11H2,(H,17,18)/t15-/m0/s1. The molecule has 5 heteroatoms. The molecule has 1 aromatic carbocycles. The fraction of sp³-hybridized carbons (Fsp3) is 0.375. The van der Waals surface area contributed by atoms with Gasteiger partial charge in [0.2, 0.25) is 5.91 Å². The lowest BCUT2D eigenvalue weighted by Crippen LogP contribution is -2.31. The Bertz CT molecular complexity index is 567. The van der Waals surface area contributed by atoms with Crippen LogP contribution in [0.25, 0.3) is 0 Å². The summed E-state index contributed by atoms with van der Waals surface area (Å²) in [6.07, 6.45) is 5.70. The van der Waals surface area contributed by atoms with Crippen molar-refractivity contribution in [2.45, 2.75) is 25.3 Å². The van der Waals surface area contributed by atoms with Crippen molar-refractivity contribution in [2.24, 2.45) is 0 Å². The van der Waals surface area contributed by atoms with E-state index in [4.69, 9.17) is 0 Å². The quantitative estimate of drug-likeness (QED) is 0.883. The summed E-state index contributed by atoms with van der Waals surface area (Å²) in [5, 5.41) is 3.49. The van der Waals surface area contributed by atoms with Crippen molar-refractivity contribution < 1.29 is 4.79 Å². The fourth-order valence-corrected chi connectivity index (χ4v) is 2.70. The van der Waals surface area contributed by atoms with Crippen molar-refractivity contribution in [3.63, 3.8) is 0 Å². The van der Waals surface area contributed by atoms with Gasteiger partial charge in [0.05, 0.1) is 6.33 Å². The Kier molecular flexibility index (Phi) is 4.19. The lowest BCUT2D eigenvalue weighted by Gasteiger charge is -2.17. The van der Waals surface area contributed by atoms with Crippen LogP contribution in [0.3, 0.4) is 0 Å². The Hall–Kier alpha value is -2.30. The third-order valence-corrected chi connectivity index (χ3v) is 3.85. The normalized spacial score (nSPS) is 17.9. The lowest BCUT2D eigenvalue weighted by molar-refractivity contribution is -0.130. The minimum Gasteiger partial charge on any atom is -0.380 e. The number of anilines is 1. The van der Waals surface area contributed by atoms with Gasteiger partial charge in [0, 0.05) is 43.1 Å². The zero-order valence-electron chi connectivity index (χ0n) is 12.0. The van der Waals surface area contributed by atoms with Gasteiger partial charge < -0.3 is 15.2 Å². The maximum Gasteiger partial charge on any atom is 0.223 e. The first-order valence-electron chi connectivity index (χ1n) is 7.38. The van der Waals surface area contributed by atoms with Crippen molar-refractivity contribution in [1.82, 2.24) is 14.9 Å². The van der Waals surface area contributed by atoms with Crippen LogP contribution in [0, 0.1) is 0 Å². The zero-order chi connectivity index (χ0) is 14.5. The maximum absolute atomic E-state index is 12.2. The molecule has 0 unspecified atom stereocenters. The smallest absolute Gasteiger partial charge is 0.223 e. The molecule has 0 aliphatic carbocycles. The number of aromatic amines is 1. The van der Waals surface area contributed by atoms with E-state index in [1.165, 1.54) is 0 Å². The van der Waals surface area contributed by atoms with Crippen molar-refractivity contribution in [2.75, 3.05) is 18.4 Å². The molecule has 0 saturated carbocycles. The fourth-order valence-electron chi connectivity index (χ4n) is 2.70. The summed E-state index contributed by atoms with van der Waals surface area (Å²) in [4.78, 5) is 21.2. The topological polar surface area (TPSA) is 61.0 Å². The minimum absolute atomic E-state index is 0.224. The Morgan fingerprint density at radius 2 is 2.24 bits per heavy atom. The number of rotatable bonds is 5. The van der Waals surface area contributed by atoms with E-state index in [0.29, 0.717) is 12.5 Å². The van der Waals surface area contributed by atoms with Crippen molar-refractivity contribution in [3.05, 3.63) is 48.5 Å². The van der Waals surface area contributed by atoms with Gasteiger partial charge in [0.15, 0.2) is 0 Å². The number of likely N-dealkylation sites (tertiary alicyclic amines) is 1. The number of aryl methyl sites for hydroxylation is 1. The third kappa shape index (κ3) is 3.62. The van der Waals surface area contributed by atoms with E-state index >= 15 is 0 Å². The van der Waals surface area contributed by atoms with Crippen LogP contribution in [0.4, 0.5) is 5.69 Å². The Morgan fingerprint density at radius 1 is 1.38 bits per heavy atom. The number of hydrogen-bond donors (Lipinski definition) is 2. The van der Waals surface area contributed by atoms with Crippen LogP contribution >= 0.6 is 0 Å². The number of nitrogens with one attached hydrogen (secondary N) is 2. The lowest BCUT2D eigenvalue weighted by atomic mass is 10.2. The highest BCUT2D eigenvalue weighted by atomic mass is 16.2. The number of carbonyl (C=O) groups is 1. The molecule has 2 N–H and O–H groups in total. The van der Waals surface area contributed by atoms with Gasteiger partial charge in [-0.15, -0.1) is 0 Å².